The van der Waals surface area contributed by atoms with E-state index in [-0.39, 0.29) is 11.9 Å². The van der Waals surface area contributed by atoms with Gasteiger partial charge < -0.3 is 19.7 Å². The fourth-order valence-corrected chi connectivity index (χ4v) is 2.45. The van der Waals surface area contributed by atoms with E-state index in [1.807, 2.05) is 12.1 Å². The first-order chi connectivity index (χ1) is 9.67. The van der Waals surface area contributed by atoms with Crippen molar-refractivity contribution in [3.8, 4) is 17.2 Å². The van der Waals surface area contributed by atoms with Gasteiger partial charge in [-0.25, -0.2) is 0 Å². The third kappa shape index (κ3) is 2.30. The predicted octanol–water partition coefficient (Wildman–Crippen LogP) is 2.96. The zero-order chi connectivity index (χ0) is 14.1. The molecule has 2 aromatic carbocycles. The number of aromatic hydroxyl groups is 1. The topological polar surface area (TPSA) is 58.9 Å². The molecule has 0 aliphatic carbocycles. The van der Waals surface area contributed by atoms with Crippen LogP contribution in [0, 0.1) is 0 Å². The van der Waals surface area contributed by atoms with Crippen LogP contribution >= 0.6 is 0 Å². The van der Waals surface area contributed by atoms with Gasteiger partial charge in [-0.2, -0.15) is 0 Å². The lowest BCUT2D eigenvalue weighted by molar-refractivity contribution is 0.0654. The molecular formula is C16H16O4. The zero-order valence-electron chi connectivity index (χ0n) is 11.1. The number of benzene rings is 2. The van der Waals surface area contributed by atoms with Gasteiger partial charge in [0.25, 0.3) is 0 Å². The molecule has 2 N–H and O–H groups in total. The molecule has 0 fully saturated rings. The molecule has 0 saturated heterocycles. The van der Waals surface area contributed by atoms with Gasteiger partial charge in [0, 0.05) is 12.0 Å². The summed E-state index contributed by atoms with van der Waals surface area (Å²) in [6, 6.07) is 12.3. The smallest absolute Gasteiger partial charge is 0.127 e. The lowest BCUT2D eigenvalue weighted by Crippen LogP contribution is -2.19. The average Bonchev–Trinajstić information content (AvgIpc) is 2.47. The number of methoxy groups -OCH3 is 1. The van der Waals surface area contributed by atoms with Crippen LogP contribution in [0.1, 0.15) is 29.8 Å². The molecule has 4 nitrogen and oxygen atoms in total. The Balaban J connectivity index is 1.90. The first-order valence-corrected chi connectivity index (χ1v) is 6.49. The van der Waals surface area contributed by atoms with Crippen molar-refractivity contribution in [1.82, 2.24) is 0 Å². The van der Waals surface area contributed by atoms with Crippen molar-refractivity contribution in [2.24, 2.45) is 0 Å². The molecule has 0 amide bonds. The van der Waals surface area contributed by atoms with Crippen LogP contribution in [-0.2, 0) is 0 Å². The second-order valence-electron chi connectivity index (χ2n) is 4.85. The van der Waals surface area contributed by atoms with Crippen LogP contribution in [0.4, 0.5) is 0 Å². The lowest BCUT2D eigenvalue weighted by Gasteiger charge is -2.30. The average molecular weight is 272 g/mol. The number of fused-ring (bicyclic) bond motifs is 1. The maximum absolute atomic E-state index is 10.3. The van der Waals surface area contributed by atoms with Gasteiger partial charge in [0.05, 0.1) is 13.2 Å². The summed E-state index contributed by atoms with van der Waals surface area (Å²) in [5.41, 5.74) is 1.68. The molecule has 1 heterocycles. The van der Waals surface area contributed by atoms with Gasteiger partial charge in [0.1, 0.15) is 23.4 Å². The van der Waals surface area contributed by atoms with Crippen molar-refractivity contribution in [2.45, 2.75) is 18.6 Å². The highest BCUT2D eigenvalue weighted by Gasteiger charge is 2.28. The third-order valence-electron chi connectivity index (χ3n) is 3.55. The summed E-state index contributed by atoms with van der Waals surface area (Å²) in [6.07, 6.45) is -0.329. The molecule has 20 heavy (non-hydrogen) atoms. The zero-order valence-corrected chi connectivity index (χ0v) is 11.1. The minimum atomic E-state index is -0.590. The first kappa shape index (κ1) is 12.8. The highest BCUT2D eigenvalue weighted by molar-refractivity contribution is 5.44. The molecule has 1 aliphatic heterocycles. The molecule has 0 radical (unpaired) electrons. The number of hydrogen-bond donors (Lipinski definition) is 2. The Kier molecular flexibility index (Phi) is 3.24. The summed E-state index contributed by atoms with van der Waals surface area (Å²) in [6.45, 7) is 0. The Morgan fingerprint density at radius 2 is 1.90 bits per heavy atom. The highest BCUT2D eigenvalue weighted by Crippen LogP contribution is 2.42. The largest absolute Gasteiger partial charge is 0.508 e. The Labute approximate surface area is 117 Å². The molecule has 1 aliphatic rings. The number of aliphatic hydroxyl groups excluding tert-OH is 1. The number of ether oxygens (including phenoxy) is 2. The van der Waals surface area contributed by atoms with Gasteiger partial charge in [-0.1, -0.05) is 12.1 Å². The van der Waals surface area contributed by atoms with Gasteiger partial charge in [-0.05, 0) is 35.9 Å². The molecule has 0 bridgehead atoms. The number of phenolic OH excluding ortho intramolecular Hbond substituents is 1. The standard InChI is InChI=1S/C16H16O4/c1-19-12-6-7-15-13(8-12)14(18)9-16(20-15)10-2-4-11(17)5-3-10/h2-8,14,16-18H,9H2,1H3. The van der Waals surface area contributed by atoms with Crippen molar-refractivity contribution in [3.05, 3.63) is 53.6 Å². The number of hydrogen-bond acceptors (Lipinski definition) is 4. The number of rotatable bonds is 2. The van der Waals surface area contributed by atoms with E-state index in [1.165, 1.54) is 0 Å². The maximum atomic E-state index is 10.3. The summed E-state index contributed by atoms with van der Waals surface area (Å²) in [5.74, 6) is 1.59. The molecule has 4 heteroatoms. The van der Waals surface area contributed by atoms with Crippen LogP contribution in [-0.4, -0.2) is 17.3 Å². The van der Waals surface area contributed by atoms with Gasteiger partial charge in [0.15, 0.2) is 0 Å². The van der Waals surface area contributed by atoms with Crippen LogP contribution in [0.5, 0.6) is 17.2 Å². The second kappa shape index (κ2) is 5.06. The van der Waals surface area contributed by atoms with Crippen LogP contribution in [0.3, 0.4) is 0 Å². The normalized spacial score (nSPS) is 20.9. The molecule has 0 aromatic heterocycles. The fourth-order valence-electron chi connectivity index (χ4n) is 2.45. The van der Waals surface area contributed by atoms with Gasteiger partial charge in [-0.15, -0.1) is 0 Å². The molecule has 2 aromatic rings. The minimum Gasteiger partial charge on any atom is -0.508 e. The first-order valence-electron chi connectivity index (χ1n) is 6.49. The molecule has 104 valence electrons. The molecule has 0 saturated carbocycles. The monoisotopic (exact) mass is 272 g/mol. The van der Waals surface area contributed by atoms with Gasteiger partial charge in [-0.3, -0.25) is 0 Å². The third-order valence-corrected chi connectivity index (χ3v) is 3.55. The van der Waals surface area contributed by atoms with E-state index in [0.29, 0.717) is 17.9 Å². The minimum absolute atomic E-state index is 0.216. The van der Waals surface area contributed by atoms with Crippen molar-refractivity contribution in [2.75, 3.05) is 7.11 Å². The van der Waals surface area contributed by atoms with Crippen molar-refractivity contribution in [3.63, 3.8) is 0 Å². The summed E-state index contributed by atoms with van der Waals surface area (Å²) in [4.78, 5) is 0. The summed E-state index contributed by atoms with van der Waals surface area (Å²) < 4.78 is 11.1. The fraction of sp³-hybridized carbons (Fsp3) is 0.250. The molecular weight excluding hydrogens is 256 g/mol. The number of phenols is 1. The van der Waals surface area contributed by atoms with Crippen LogP contribution in [0.25, 0.3) is 0 Å². The van der Waals surface area contributed by atoms with Gasteiger partial charge >= 0.3 is 0 Å². The quantitative estimate of drug-likeness (QED) is 0.882. The molecule has 3 rings (SSSR count). The Morgan fingerprint density at radius 1 is 1.15 bits per heavy atom. The Bertz CT molecular complexity index is 606. The van der Waals surface area contributed by atoms with Gasteiger partial charge in [0.2, 0.25) is 0 Å². The lowest BCUT2D eigenvalue weighted by atomic mass is 9.95. The van der Waals surface area contributed by atoms with E-state index in [4.69, 9.17) is 9.47 Å². The number of aliphatic hydroxyl groups is 1. The van der Waals surface area contributed by atoms with E-state index in [9.17, 15) is 10.2 Å². The van der Waals surface area contributed by atoms with E-state index in [2.05, 4.69) is 0 Å². The van der Waals surface area contributed by atoms with E-state index in [0.717, 1.165) is 11.1 Å². The van der Waals surface area contributed by atoms with Crippen LogP contribution in [0.2, 0.25) is 0 Å². The molecule has 2 unspecified atom stereocenters. The van der Waals surface area contributed by atoms with Crippen LogP contribution in [0.15, 0.2) is 42.5 Å². The highest BCUT2D eigenvalue weighted by atomic mass is 16.5. The van der Waals surface area contributed by atoms with Crippen LogP contribution < -0.4 is 9.47 Å². The summed E-state index contributed by atoms with van der Waals surface area (Å²) >= 11 is 0. The molecule has 0 spiro atoms. The van der Waals surface area contributed by atoms with E-state index < -0.39 is 6.10 Å². The Hall–Kier alpha value is -2.20. The molecule has 2 atom stereocenters. The summed E-state index contributed by atoms with van der Waals surface area (Å²) in [7, 11) is 1.59. The van der Waals surface area contributed by atoms with E-state index in [1.54, 1.807) is 37.4 Å². The Morgan fingerprint density at radius 3 is 2.60 bits per heavy atom. The van der Waals surface area contributed by atoms with Crippen molar-refractivity contribution >= 4 is 0 Å². The second-order valence-corrected chi connectivity index (χ2v) is 4.85. The predicted molar refractivity (Wildman–Crippen MR) is 74.0 cm³/mol. The summed E-state index contributed by atoms with van der Waals surface area (Å²) in [5, 5.41) is 19.6. The van der Waals surface area contributed by atoms with E-state index >= 15 is 0 Å². The maximum Gasteiger partial charge on any atom is 0.127 e. The van der Waals surface area contributed by atoms with Crippen molar-refractivity contribution in [1.29, 1.82) is 0 Å². The van der Waals surface area contributed by atoms with Crippen molar-refractivity contribution < 1.29 is 19.7 Å². The SMILES string of the molecule is COc1ccc2c(c1)C(O)CC(c1ccc(O)cc1)O2.